The fraction of sp³-hybridized carbons (Fsp3) is 0.388. The summed E-state index contributed by atoms with van der Waals surface area (Å²) < 4.78 is 3.30. The fourth-order valence-corrected chi connectivity index (χ4v) is 5.86. The minimum absolute atomic E-state index is 0.155. The van der Waals surface area contributed by atoms with Gasteiger partial charge in [-0.05, 0) is 93.1 Å². The van der Waals surface area contributed by atoms with Gasteiger partial charge in [0.1, 0.15) is 12.3 Å². The highest BCUT2D eigenvalue weighted by molar-refractivity contribution is 5.98. The molecule has 0 radical (unpaired) electrons. The molecule has 11 nitrogen and oxygen atoms in total. The third-order valence-electron chi connectivity index (χ3n) is 8.94. The highest BCUT2D eigenvalue weighted by Gasteiger charge is 2.15. The molecule has 0 saturated carbocycles. The molecule has 0 atom stereocenters. The van der Waals surface area contributed by atoms with Gasteiger partial charge in [0, 0.05) is 46.8 Å². The Hall–Kier alpha value is -5.94. The number of rotatable bonds is 8. The van der Waals surface area contributed by atoms with E-state index in [0.29, 0.717) is 21.7 Å². The molecule has 6 rings (SSSR count). The van der Waals surface area contributed by atoms with Gasteiger partial charge in [0.05, 0.1) is 22.2 Å². The Morgan fingerprint density at radius 1 is 0.550 bits per heavy atom. The van der Waals surface area contributed by atoms with Crippen molar-refractivity contribution in [2.24, 2.45) is 0 Å². The fourth-order valence-electron chi connectivity index (χ4n) is 5.86. The number of aromatic nitrogens is 3. The second-order valence-electron chi connectivity index (χ2n) is 12.2. The Morgan fingerprint density at radius 2 is 0.933 bits per heavy atom. The normalized spacial score (nSPS) is 9.72. The van der Waals surface area contributed by atoms with Gasteiger partial charge in [0.15, 0.2) is 22.4 Å². The van der Waals surface area contributed by atoms with E-state index >= 15 is 0 Å². The first kappa shape index (κ1) is 54.1. The average Bonchev–Trinajstić information content (AvgIpc) is 3.29. The largest absolute Gasteiger partial charge is 0.477 e. The van der Waals surface area contributed by atoms with E-state index in [1.54, 1.807) is 18.3 Å². The number of carbonyl (C=O) groups is 3. The lowest BCUT2D eigenvalue weighted by Crippen LogP contribution is -2.19. The molecule has 0 unspecified atom stereocenters. The van der Waals surface area contributed by atoms with Crippen LogP contribution in [0.3, 0.4) is 0 Å². The van der Waals surface area contributed by atoms with E-state index in [4.69, 9.17) is 5.11 Å². The number of nitrogens with one attached hydrogen (secondary N) is 1. The van der Waals surface area contributed by atoms with E-state index in [-0.39, 0.29) is 45.8 Å². The topological polar surface area (TPSA) is 169 Å². The summed E-state index contributed by atoms with van der Waals surface area (Å²) in [6, 6.07) is 16.8. The predicted molar refractivity (Wildman–Crippen MR) is 249 cm³/mol. The van der Waals surface area contributed by atoms with Gasteiger partial charge in [0.2, 0.25) is 5.43 Å². The van der Waals surface area contributed by atoms with Crippen molar-refractivity contribution in [3.05, 3.63) is 137 Å². The molecule has 3 heterocycles. The molecule has 6 aromatic rings. The number of aliphatic hydroxyl groups excluding tert-OH is 1. The number of carboxylic acids is 1. The lowest BCUT2D eigenvalue weighted by molar-refractivity contribution is 0.0693. The number of aliphatic hydroxyl groups is 1. The number of aromatic amines is 1. The first-order valence-electron chi connectivity index (χ1n) is 21.1. The number of carbonyl (C=O) groups excluding carboxylic acids is 2. The number of fused-ring (bicyclic) bond motifs is 3. The van der Waals surface area contributed by atoms with Crippen LogP contribution in [0.5, 0.6) is 0 Å². The monoisotopic (exact) mass is 825 g/mol. The molecule has 3 aromatic carbocycles. The van der Waals surface area contributed by atoms with Crippen molar-refractivity contribution < 1.29 is 24.6 Å². The van der Waals surface area contributed by atoms with Crippen molar-refractivity contribution in [3.63, 3.8) is 0 Å². The third kappa shape index (κ3) is 13.6. The van der Waals surface area contributed by atoms with Crippen LogP contribution in [-0.4, -0.2) is 41.9 Å². The molecule has 0 aliphatic heterocycles. The molecule has 326 valence electrons. The molecule has 0 bridgehead atoms. The number of nitrogens with zero attached hydrogens (tertiary/aromatic N) is 2. The Balaban J connectivity index is 0.000000802. The number of pyridine rings is 3. The number of H-pyrrole nitrogens is 1. The van der Waals surface area contributed by atoms with Crippen LogP contribution in [0.1, 0.15) is 145 Å². The van der Waals surface area contributed by atoms with E-state index < -0.39 is 11.4 Å². The van der Waals surface area contributed by atoms with Crippen molar-refractivity contribution in [1.29, 1.82) is 0 Å². The maximum Gasteiger partial charge on any atom is 0.341 e. The van der Waals surface area contributed by atoms with Crippen LogP contribution in [0.15, 0.2) is 87.6 Å². The maximum absolute atomic E-state index is 12.3. The number of carboxylic acid groups (broad SMARTS) is 1. The molecule has 0 spiro atoms. The zero-order valence-corrected chi connectivity index (χ0v) is 38.2. The zero-order chi connectivity index (χ0) is 46.3. The summed E-state index contributed by atoms with van der Waals surface area (Å²) in [5, 5.41) is 19.8. The minimum atomic E-state index is -1.29. The summed E-state index contributed by atoms with van der Waals surface area (Å²) >= 11 is 0. The van der Waals surface area contributed by atoms with Crippen LogP contribution < -0.4 is 16.3 Å². The second kappa shape index (κ2) is 27.7. The van der Waals surface area contributed by atoms with Gasteiger partial charge in [0.25, 0.3) is 0 Å². The van der Waals surface area contributed by atoms with Crippen LogP contribution in [0.25, 0.3) is 32.7 Å². The highest BCUT2D eigenvalue weighted by atomic mass is 16.4. The summed E-state index contributed by atoms with van der Waals surface area (Å²) in [5.41, 5.74) is 4.67. The standard InChI is InChI=1S/C15H17NO2.C13H13NO4.C13H13NO2.4C2H6/c1-4-11-6-7-14-12(8-11)15(18)13(10(3)17)9-16(14)5-2;1-2-8-3-4-11-9(5-8)12(16)10(13(17)18)6-14(11)7-15;1-3-9-4-5-12-10(6-9)13(16)11(7-14-12)8(2)15;4*1-2/h6-9H,4-5H2,1-3H3;3-6,15H,2,7H2,1H3,(H,17,18);4-7H,3H2,1-2H3,(H,14,16);4*1-2H3. The van der Waals surface area contributed by atoms with Gasteiger partial charge < -0.3 is 24.3 Å². The molecule has 0 amide bonds. The summed E-state index contributed by atoms with van der Waals surface area (Å²) in [6.07, 6.45) is 6.83. The van der Waals surface area contributed by atoms with Gasteiger partial charge in [-0.25, -0.2) is 4.79 Å². The Morgan fingerprint density at radius 3 is 1.33 bits per heavy atom. The van der Waals surface area contributed by atoms with Crippen molar-refractivity contribution in [2.45, 2.75) is 129 Å². The van der Waals surface area contributed by atoms with Gasteiger partial charge >= 0.3 is 5.97 Å². The number of benzene rings is 3. The quantitative estimate of drug-likeness (QED) is 0.127. The first-order chi connectivity index (χ1) is 28.8. The van der Waals surface area contributed by atoms with Crippen LogP contribution in [-0.2, 0) is 32.5 Å². The zero-order valence-electron chi connectivity index (χ0n) is 38.2. The van der Waals surface area contributed by atoms with Crippen molar-refractivity contribution in [2.75, 3.05) is 0 Å². The second-order valence-corrected chi connectivity index (χ2v) is 12.2. The minimum Gasteiger partial charge on any atom is -0.477 e. The SMILES string of the molecule is CC.CC.CC.CC.CCc1ccc2[nH]cc(C(C)=O)c(=O)c2c1.CCc1ccc2c(c1)c(=O)c(C(=O)O)cn2CO.CCc1ccc2c(c1)c(=O)c(C(C)=O)cn2CC. The maximum atomic E-state index is 12.3. The molecule has 0 aliphatic carbocycles. The molecular weight excluding hydrogens is 759 g/mol. The molecule has 0 fully saturated rings. The number of aryl methyl sites for hydroxylation is 4. The van der Waals surface area contributed by atoms with Crippen LogP contribution in [0.4, 0.5) is 0 Å². The Kier molecular flexibility index (Phi) is 25.0. The molecule has 11 heteroatoms. The van der Waals surface area contributed by atoms with Crippen molar-refractivity contribution in [3.8, 4) is 0 Å². The van der Waals surface area contributed by atoms with Gasteiger partial charge in [-0.1, -0.05) is 94.4 Å². The summed E-state index contributed by atoms with van der Waals surface area (Å²) in [6.45, 7) is 27.2. The number of aromatic carboxylic acids is 1. The smallest absolute Gasteiger partial charge is 0.341 e. The van der Waals surface area contributed by atoms with Crippen molar-refractivity contribution in [1.82, 2.24) is 14.1 Å². The van der Waals surface area contributed by atoms with Gasteiger partial charge in [-0.2, -0.15) is 0 Å². The summed E-state index contributed by atoms with van der Waals surface area (Å²) in [4.78, 5) is 73.0. The Labute approximate surface area is 354 Å². The highest BCUT2D eigenvalue weighted by Crippen LogP contribution is 2.17. The van der Waals surface area contributed by atoms with E-state index in [9.17, 15) is 33.9 Å². The summed E-state index contributed by atoms with van der Waals surface area (Å²) in [7, 11) is 0. The van der Waals surface area contributed by atoms with E-state index in [1.165, 1.54) is 30.8 Å². The molecular formula is C49H67N3O8. The lowest BCUT2D eigenvalue weighted by Gasteiger charge is -2.11. The summed E-state index contributed by atoms with van der Waals surface area (Å²) in [5.74, 6) is -1.66. The average molecular weight is 826 g/mol. The Bertz CT molecular complexity index is 2390. The van der Waals surface area contributed by atoms with E-state index in [0.717, 1.165) is 53.5 Å². The third-order valence-corrected chi connectivity index (χ3v) is 8.94. The van der Waals surface area contributed by atoms with Crippen molar-refractivity contribution >= 4 is 50.2 Å². The lowest BCUT2D eigenvalue weighted by atomic mass is 10.1. The van der Waals surface area contributed by atoms with E-state index in [2.05, 4.69) is 4.98 Å². The van der Waals surface area contributed by atoms with Gasteiger partial charge in [-0.3, -0.25) is 24.0 Å². The predicted octanol–water partition coefficient (Wildman–Crippen LogP) is 10.4. The number of ketones is 2. The molecule has 0 aliphatic rings. The molecule has 3 N–H and O–H groups in total. The van der Waals surface area contributed by atoms with Crippen LogP contribution in [0, 0.1) is 0 Å². The van der Waals surface area contributed by atoms with Crippen LogP contribution >= 0.6 is 0 Å². The number of hydrogen-bond donors (Lipinski definition) is 3. The van der Waals surface area contributed by atoms with E-state index in [1.807, 2.05) is 130 Å². The molecule has 60 heavy (non-hydrogen) atoms. The van der Waals surface area contributed by atoms with Gasteiger partial charge in [-0.15, -0.1) is 0 Å². The number of Topliss-reactive ketones (excluding diaryl/α,β-unsaturated/α-hetero) is 2. The first-order valence-corrected chi connectivity index (χ1v) is 21.1. The molecule has 3 aromatic heterocycles. The van der Waals surface area contributed by atoms with Crippen LogP contribution in [0.2, 0.25) is 0 Å². The number of hydrogen-bond acceptors (Lipinski definition) is 7. The molecule has 0 saturated heterocycles.